The van der Waals surface area contributed by atoms with E-state index in [0.717, 1.165) is 31.7 Å². The van der Waals surface area contributed by atoms with Crippen LogP contribution in [0.5, 0.6) is 5.75 Å². The molecule has 1 amide bonds. The first kappa shape index (κ1) is 15.2. The minimum Gasteiger partial charge on any atom is -0.493 e. The van der Waals surface area contributed by atoms with Crippen LogP contribution in [0.4, 0.5) is 0 Å². The number of carbonyl (C=O) groups excluding carboxylic acids is 1. The van der Waals surface area contributed by atoms with Crippen molar-refractivity contribution in [2.45, 2.75) is 19.8 Å². The summed E-state index contributed by atoms with van der Waals surface area (Å²) < 4.78 is 5.85. The van der Waals surface area contributed by atoms with E-state index in [9.17, 15) is 4.79 Å². The van der Waals surface area contributed by atoms with Gasteiger partial charge >= 0.3 is 0 Å². The second-order valence-electron chi connectivity index (χ2n) is 5.41. The van der Waals surface area contributed by atoms with Crippen molar-refractivity contribution in [1.82, 2.24) is 4.90 Å². The summed E-state index contributed by atoms with van der Waals surface area (Å²) in [6, 6.07) is 8.14. The zero-order valence-electron chi connectivity index (χ0n) is 12.3. The van der Waals surface area contributed by atoms with Gasteiger partial charge in [-0.2, -0.15) is 11.8 Å². The van der Waals surface area contributed by atoms with Gasteiger partial charge in [0.1, 0.15) is 5.75 Å². The average Bonchev–Trinajstić information content (AvgIpc) is 2.47. The molecule has 0 aliphatic carbocycles. The summed E-state index contributed by atoms with van der Waals surface area (Å²) in [7, 11) is 0. The molecular weight excluding hydrogens is 270 g/mol. The van der Waals surface area contributed by atoms with Crippen molar-refractivity contribution in [2.24, 2.45) is 5.92 Å². The second-order valence-corrected chi connectivity index (χ2v) is 6.27. The van der Waals surface area contributed by atoms with Gasteiger partial charge in [0.25, 0.3) is 0 Å². The largest absolute Gasteiger partial charge is 0.493 e. The predicted molar refractivity (Wildman–Crippen MR) is 84.4 cm³/mol. The van der Waals surface area contributed by atoms with Gasteiger partial charge in [0, 0.05) is 19.0 Å². The van der Waals surface area contributed by atoms with Crippen LogP contribution in [-0.4, -0.2) is 42.5 Å². The highest BCUT2D eigenvalue weighted by molar-refractivity contribution is 7.99. The van der Waals surface area contributed by atoms with Crippen LogP contribution in [0, 0.1) is 12.8 Å². The Kier molecular flexibility index (Phi) is 5.77. The van der Waals surface area contributed by atoms with Gasteiger partial charge in [-0.25, -0.2) is 0 Å². The highest BCUT2D eigenvalue weighted by atomic mass is 32.2. The first-order valence-corrected chi connectivity index (χ1v) is 8.54. The van der Waals surface area contributed by atoms with E-state index >= 15 is 0 Å². The molecule has 1 aliphatic rings. The fourth-order valence-corrected chi connectivity index (χ4v) is 2.92. The Balaban J connectivity index is 1.80. The lowest BCUT2D eigenvalue weighted by Gasteiger charge is -2.32. The minimum absolute atomic E-state index is 0.262. The van der Waals surface area contributed by atoms with E-state index in [4.69, 9.17) is 4.74 Å². The maximum absolute atomic E-state index is 11.9. The Bertz CT molecular complexity index is 433. The number of rotatable bonds is 5. The van der Waals surface area contributed by atoms with Crippen molar-refractivity contribution < 1.29 is 9.53 Å². The molecule has 0 bridgehead atoms. The molecule has 1 aromatic rings. The standard InChI is InChI=1S/C16H23NO2S/c1-13-5-7-15(8-6-13)19-11-14-4-3-9-17(10-14)16(18)12-20-2/h5-8,14H,3-4,9-12H2,1-2H3/t14-/m0/s1. The quantitative estimate of drug-likeness (QED) is 0.836. The van der Waals surface area contributed by atoms with Gasteiger partial charge in [0.15, 0.2) is 0 Å². The Labute approximate surface area is 125 Å². The molecule has 110 valence electrons. The van der Waals surface area contributed by atoms with E-state index in [0.29, 0.717) is 18.3 Å². The lowest BCUT2D eigenvalue weighted by Crippen LogP contribution is -2.42. The number of nitrogens with zero attached hydrogens (tertiary/aromatic N) is 1. The lowest BCUT2D eigenvalue weighted by molar-refractivity contribution is -0.130. The maximum Gasteiger partial charge on any atom is 0.232 e. The number of likely N-dealkylation sites (tertiary alicyclic amines) is 1. The molecule has 1 heterocycles. The van der Waals surface area contributed by atoms with Crippen LogP contribution in [0.15, 0.2) is 24.3 Å². The molecule has 20 heavy (non-hydrogen) atoms. The van der Waals surface area contributed by atoms with E-state index in [1.807, 2.05) is 23.3 Å². The SMILES string of the molecule is CSCC(=O)N1CCC[C@H](COc2ccc(C)cc2)C1. The Hall–Kier alpha value is -1.16. The molecular formula is C16H23NO2S. The third-order valence-electron chi connectivity index (χ3n) is 3.65. The molecule has 1 atom stereocenters. The van der Waals surface area contributed by atoms with Crippen molar-refractivity contribution in [2.75, 3.05) is 31.7 Å². The van der Waals surface area contributed by atoms with Crippen LogP contribution < -0.4 is 4.74 Å². The fraction of sp³-hybridized carbons (Fsp3) is 0.562. The highest BCUT2D eigenvalue weighted by Crippen LogP contribution is 2.19. The summed E-state index contributed by atoms with van der Waals surface area (Å²) in [5, 5.41) is 0. The molecule has 1 saturated heterocycles. The van der Waals surface area contributed by atoms with Gasteiger partial charge in [0.05, 0.1) is 12.4 Å². The predicted octanol–water partition coefficient (Wildman–Crippen LogP) is 2.98. The summed E-state index contributed by atoms with van der Waals surface area (Å²) in [6.07, 6.45) is 4.21. The van der Waals surface area contributed by atoms with Gasteiger partial charge in [0.2, 0.25) is 5.91 Å². The first-order chi connectivity index (χ1) is 9.69. The van der Waals surface area contributed by atoms with E-state index in [-0.39, 0.29) is 5.91 Å². The van der Waals surface area contributed by atoms with Crippen LogP contribution >= 0.6 is 11.8 Å². The Morgan fingerprint density at radius 1 is 1.40 bits per heavy atom. The minimum atomic E-state index is 0.262. The van der Waals surface area contributed by atoms with E-state index in [2.05, 4.69) is 19.1 Å². The topological polar surface area (TPSA) is 29.5 Å². The van der Waals surface area contributed by atoms with E-state index < -0.39 is 0 Å². The van der Waals surface area contributed by atoms with Crippen LogP contribution in [0.1, 0.15) is 18.4 Å². The number of amides is 1. The summed E-state index contributed by atoms with van der Waals surface area (Å²) in [6.45, 7) is 4.51. The molecule has 3 nitrogen and oxygen atoms in total. The van der Waals surface area contributed by atoms with Gasteiger partial charge < -0.3 is 9.64 Å². The number of piperidine rings is 1. The lowest BCUT2D eigenvalue weighted by atomic mass is 9.99. The van der Waals surface area contributed by atoms with E-state index in [1.54, 1.807) is 11.8 Å². The molecule has 0 aromatic heterocycles. The van der Waals surface area contributed by atoms with Gasteiger partial charge in [-0.15, -0.1) is 0 Å². The zero-order chi connectivity index (χ0) is 14.4. The van der Waals surface area contributed by atoms with Gasteiger partial charge in [-0.3, -0.25) is 4.79 Å². The first-order valence-electron chi connectivity index (χ1n) is 7.15. The molecule has 0 spiro atoms. The number of hydrogen-bond acceptors (Lipinski definition) is 3. The van der Waals surface area contributed by atoms with Crippen LogP contribution in [-0.2, 0) is 4.79 Å². The molecule has 2 rings (SSSR count). The van der Waals surface area contributed by atoms with Gasteiger partial charge in [-0.05, 0) is 38.2 Å². The van der Waals surface area contributed by atoms with Crippen molar-refractivity contribution >= 4 is 17.7 Å². The van der Waals surface area contributed by atoms with Crippen molar-refractivity contribution in [3.8, 4) is 5.75 Å². The number of ether oxygens (including phenoxy) is 1. The van der Waals surface area contributed by atoms with Crippen LogP contribution in [0.2, 0.25) is 0 Å². The fourth-order valence-electron chi connectivity index (χ4n) is 2.49. The van der Waals surface area contributed by atoms with E-state index in [1.165, 1.54) is 5.56 Å². The third-order valence-corrected chi connectivity index (χ3v) is 4.18. The molecule has 0 radical (unpaired) electrons. The Morgan fingerprint density at radius 3 is 2.85 bits per heavy atom. The van der Waals surface area contributed by atoms with Crippen molar-refractivity contribution in [3.05, 3.63) is 29.8 Å². The summed E-state index contributed by atoms with van der Waals surface area (Å²) in [5.74, 6) is 2.22. The highest BCUT2D eigenvalue weighted by Gasteiger charge is 2.23. The summed E-state index contributed by atoms with van der Waals surface area (Å²) in [4.78, 5) is 13.9. The normalized spacial score (nSPS) is 18.9. The number of aryl methyl sites for hydroxylation is 1. The number of thioether (sulfide) groups is 1. The second kappa shape index (κ2) is 7.58. The van der Waals surface area contributed by atoms with Crippen LogP contribution in [0.25, 0.3) is 0 Å². The average molecular weight is 293 g/mol. The number of benzene rings is 1. The smallest absolute Gasteiger partial charge is 0.232 e. The summed E-state index contributed by atoms with van der Waals surface area (Å²) >= 11 is 1.59. The molecule has 0 saturated carbocycles. The van der Waals surface area contributed by atoms with Crippen molar-refractivity contribution in [1.29, 1.82) is 0 Å². The van der Waals surface area contributed by atoms with Crippen LogP contribution in [0.3, 0.4) is 0 Å². The Morgan fingerprint density at radius 2 is 2.15 bits per heavy atom. The third kappa shape index (κ3) is 4.44. The van der Waals surface area contributed by atoms with Crippen molar-refractivity contribution in [3.63, 3.8) is 0 Å². The molecule has 0 N–H and O–H groups in total. The monoisotopic (exact) mass is 293 g/mol. The molecule has 1 aliphatic heterocycles. The zero-order valence-corrected chi connectivity index (χ0v) is 13.1. The summed E-state index contributed by atoms with van der Waals surface area (Å²) in [5.41, 5.74) is 1.24. The molecule has 4 heteroatoms. The molecule has 1 fully saturated rings. The maximum atomic E-state index is 11.9. The number of hydrogen-bond donors (Lipinski definition) is 0. The number of carbonyl (C=O) groups is 1. The molecule has 1 aromatic carbocycles. The molecule has 0 unspecified atom stereocenters. The van der Waals surface area contributed by atoms with Gasteiger partial charge in [-0.1, -0.05) is 17.7 Å².